The van der Waals surface area contributed by atoms with E-state index in [0.717, 1.165) is 11.4 Å². The lowest BCUT2D eigenvalue weighted by Crippen LogP contribution is -2.08. The van der Waals surface area contributed by atoms with Crippen molar-refractivity contribution in [1.29, 1.82) is 0 Å². The smallest absolute Gasteiger partial charge is 0.115 e. The Morgan fingerprint density at radius 2 is 1.88 bits per heavy atom. The summed E-state index contributed by atoms with van der Waals surface area (Å²) in [7, 11) is 4.06. The van der Waals surface area contributed by atoms with Gasteiger partial charge >= 0.3 is 0 Å². The largest absolute Gasteiger partial charge is 0.379 e. The van der Waals surface area contributed by atoms with Crippen molar-refractivity contribution < 1.29 is 0 Å². The zero-order chi connectivity index (χ0) is 12.1. The zero-order valence-electron chi connectivity index (χ0n) is 10.1. The first-order valence-corrected chi connectivity index (χ1v) is 5.52. The molecule has 0 aliphatic rings. The monoisotopic (exact) mass is 228 g/mol. The van der Waals surface area contributed by atoms with Crippen LogP contribution >= 0.6 is 0 Å². The minimum absolute atomic E-state index is 0.712. The van der Waals surface area contributed by atoms with Gasteiger partial charge in [-0.25, -0.2) is 9.97 Å². The van der Waals surface area contributed by atoms with Crippen molar-refractivity contribution in [3.63, 3.8) is 0 Å². The second-order valence-corrected chi connectivity index (χ2v) is 4.00. The average Bonchev–Trinajstić information content (AvgIpc) is 2.38. The fourth-order valence-electron chi connectivity index (χ4n) is 1.49. The van der Waals surface area contributed by atoms with Gasteiger partial charge in [0.2, 0.25) is 0 Å². The van der Waals surface area contributed by atoms with E-state index in [-0.39, 0.29) is 0 Å². The van der Waals surface area contributed by atoms with E-state index in [0.29, 0.717) is 6.54 Å². The van der Waals surface area contributed by atoms with E-state index < -0.39 is 0 Å². The van der Waals surface area contributed by atoms with Crippen molar-refractivity contribution in [2.75, 3.05) is 24.3 Å². The van der Waals surface area contributed by atoms with Gasteiger partial charge in [0.15, 0.2) is 0 Å². The van der Waals surface area contributed by atoms with Crippen LogP contribution in [0.1, 0.15) is 5.69 Å². The zero-order valence-corrected chi connectivity index (χ0v) is 10.1. The molecule has 0 aliphatic carbocycles. The van der Waals surface area contributed by atoms with E-state index in [1.807, 2.05) is 20.2 Å². The van der Waals surface area contributed by atoms with E-state index >= 15 is 0 Å². The minimum Gasteiger partial charge on any atom is -0.379 e. The summed E-state index contributed by atoms with van der Waals surface area (Å²) in [5, 5.41) is 3.32. The quantitative estimate of drug-likeness (QED) is 0.870. The van der Waals surface area contributed by atoms with Crippen LogP contribution in [0.25, 0.3) is 0 Å². The molecule has 0 aliphatic heterocycles. The molecule has 0 radical (unpaired) electrons. The Hall–Kier alpha value is -2.10. The maximum atomic E-state index is 4.16. The van der Waals surface area contributed by atoms with Gasteiger partial charge in [-0.3, -0.25) is 0 Å². The molecule has 0 amide bonds. The van der Waals surface area contributed by atoms with Crippen molar-refractivity contribution in [2.24, 2.45) is 0 Å². The van der Waals surface area contributed by atoms with Crippen molar-refractivity contribution >= 4 is 11.4 Å². The lowest BCUT2D eigenvalue weighted by molar-refractivity contribution is 1.01. The van der Waals surface area contributed by atoms with Crippen LogP contribution in [0.15, 0.2) is 42.9 Å². The molecule has 0 spiro atoms. The molecule has 4 nitrogen and oxygen atoms in total. The highest BCUT2D eigenvalue weighted by Crippen LogP contribution is 2.15. The van der Waals surface area contributed by atoms with Gasteiger partial charge in [0.25, 0.3) is 0 Å². The molecule has 88 valence electrons. The van der Waals surface area contributed by atoms with E-state index in [1.54, 1.807) is 12.5 Å². The van der Waals surface area contributed by atoms with Crippen LogP contribution in [0.5, 0.6) is 0 Å². The topological polar surface area (TPSA) is 41.0 Å². The number of hydrogen-bond acceptors (Lipinski definition) is 4. The number of benzene rings is 1. The van der Waals surface area contributed by atoms with Crippen LogP contribution in [0.2, 0.25) is 0 Å². The summed E-state index contributed by atoms with van der Waals surface area (Å²) in [4.78, 5) is 10.1. The van der Waals surface area contributed by atoms with E-state index in [9.17, 15) is 0 Å². The third kappa shape index (κ3) is 3.17. The number of hydrogen-bond donors (Lipinski definition) is 1. The summed E-state index contributed by atoms with van der Waals surface area (Å²) in [6, 6.07) is 10.2. The molecule has 4 heteroatoms. The van der Waals surface area contributed by atoms with Gasteiger partial charge in [-0.15, -0.1) is 0 Å². The Bertz CT molecular complexity index is 451. The fraction of sp³-hybridized carbons (Fsp3) is 0.231. The second-order valence-electron chi connectivity index (χ2n) is 4.00. The van der Waals surface area contributed by atoms with E-state index in [4.69, 9.17) is 0 Å². The van der Waals surface area contributed by atoms with Gasteiger partial charge in [-0.05, 0) is 30.3 Å². The Morgan fingerprint density at radius 1 is 1.12 bits per heavy atom. The molecule has 0 atom stereocenters. The molecule has 1 heterocycles. The van der Waals surface area contributed by atoms with Crippen LogP contribution in [0.3, 0.4) is 0 Å². The summed E-state index contributed by atoms with van der Waals surface area (Å²) in [6.07, 6.45) is 3.31. The molecule has 0 saturated heterocycles. The Labute approximate surface area is 101 Å². The summed E-state index contributed by atoms with van der Waals surface area (Å²) in [6.45, 7) is 0.712. The molecule has 17 heavy (non-hydrogen) atoms. The van der Waals surface area contributed by atoms with Gasteiger partial charge in [0.05, 0.1) is 12.2 Å². The van der Waals surface area contributed by atoms with Crippen LogP contribution in [0, 0.1) is 0 Å². The standard InChI is InChI=1S/C13H16N4/c1-17(2)13-5-3-11(4-6-13)15-9-12-7-8-14-10-16-12/h3-8,10,15H,9H2,1-2H3. The highest BCUT2D eigenvalue weighted by molar-refractivity contribution is 5.54. The summed E-state index contributed by atoms with van der Waals surface area (Å²) in [5.41, 5.74) is 3.27. The molecule has 2 rings (SSSR count). The second kappa shape index (κ2) is 5.30. The molecule has 0 bridgehead atoms. The van der Waals surface area contributed by atoms with Gasteiger partial charge < -0.3 is 10.2 Å². The van der Waals surface area contributed by atoms with Gasteiger partial charge in [-0.2, -0.15) is 0 Å². The Balaban J connectivity index is 1.96. The minimum atomic E-state index is 0.712. The number of nitrogens with zero attached hydrogens (tertiary/aromatic N) is 3. The van der Waals surface area contributed by atoms with Crippen LogP contribution in [0.4, 0.5) is 11.4 Å². The van der Waals surface area contributed by atoms with Crippen LogP contribution < -0.4 is 10.2 Å². The summed E-state index contributed by atoms with van der Waals surface area (Å²) < 4.78 is 0. The lowest BCUT2D eigenvalue weighted by Gasteiger charge is -2.13. The molecular formula is C13H16N4. The number of aromatic nitrogens is 2. The normalized spacial score (nSPS) is 10.0. The predicted molar refractivity (Wildman–Crippen MR) is 70.1 cm³/mol. The van der Waals surface area contributed by atoms with E-state index in [2.05, 4.69) is 44.5 Å². The van der Waals surface area contributed by atoms with Gasteiger partial charge in [-0.1, -0.05) is 0 Å². The third-order valence-electron chi connectivity index (χ3n) is 2.50. The highest BCUT2D eigenvalue weighted by atomic mass is 15.1. The number of nitrogens with one attached hydrogen (secondary N) is 1. The Kier molecular flexibility index (Phi) is 3.55. The van der Waals surface area contributed by atoms with Crippen molar-refractivity contribution in [3.05, 3.63) is 48.5 Å². The van der Waals surface area contributed by atoms with Crippen LogP contribution in [-0.4, -0.2) is 24.1 Å². The van der Waals surface area contributed by atoms with Crippen molar-refractivity contribution in [3.8, 4) is 0 Å². The Morgan fingerprint density at radius 3 is 2.47 bits per heavy atom. The summed E-state index contributed by atoms with van der Waals surface area (Å²) in [5.74, 6) is 0. The third-order valence-corrected chi connectivity index (χ3v) is 2.50. The first-order chi connectivity index (χ1) is 8.25. The molecule has 1 aromatic carbocycles. The van der Waals surface area contributed by atoms with Gasteiger partial charge in [0.1, 0.15) is 6.33 Å². The molecule has 1 aromatic heterocycles. The van der Waals surface area contributed by atoms with Gasteiger partial charge in [0, 0.05) is 31.7 Å². The first kappa shape index (κ1) is 11.4. The number of rotatable bonds is 4. The fourth-order valence-corrected chi connectivity index (χ4v) is 1.49. The molecular weight excluding hydrogens is 212 g/mol. The summed E-state index contributed by atoms with van der Waals surface area (Å²) >= 11 is 0. The SMILES string of the molecule is CN(C)c1ccc(NCc2ccncn2)cc1. The average molecular weight is 228 g/mol. The highest BCUT2D eigenvalue weighted by Gasteiger charge is 1.96. The molecule has 0 saturated carbocycles. The predicted octanol–water partition coefficient (Wildman–Crippen LogP) is 2.15. The van der Waals surface area contributed by atoms with Crippen LogP contribution in [-0.2, 0) is 6.54 Å². The van der Waals surface area contributed by atoms with E-state index in [1.165, 1.54) is 5.69 Å². The molecule has 0 unspecified atom stereocenters. The first-order valence-electron chi connectivity index (χ1n) is 5.52. The molecule has 1 N–H and O–H groups in total. The molecule has 0 fully saturated rings. The number of anilines is 2. The maximum absolute atomic E-state index is 4.16. The van der Waals surface area contributed by atoms with Crippen molar-refractivity contribution in [2.45, 2.75) is 6.54 Å². The molecule has 2 aromatic rings. The maximum Gasteiger partial charge on any atom is 0.115 e. The lowest BCUT2D eigenvalue weighted by atomic mass is 10.2. The van der Waals surface area contributed by atoms with Crippen molar-refractivity contribution in [1.82, 2.24) is 9.97 Å².